The van der Waals surface area contributed by atoms with Crippen molar-refractivity contribution in [2.75, 3.05) is 26.8 Å². The van der Waals surface area contributed by atoms with Gasteiger partial charge in [-0.25, -0.2) is 8.42 Å². The smallest absolute Gasteiger partial charge is 0.243 e. The van der Waals surface area contributed by atoms with E-state index in [1.165, 1.54) is 12.8 Å². The number of sulfonamides is 1. The van der Waals surface area contributed by atoms with Crippen molar-refractivity contribution < 1.29 is 17.9 Å². The zero-order chi connectivity index (χ0) is 19.7. The second kappa shape index (κ2) is 8.13. The summed E-state index contributed by atoms with van der Waals surface area (Å²) in [4.78, 5) is 14.8. The molecule has 1 amide bonds. The SMILES string of the molecule is COC[C@@H]1CCCN1S(=O)(=O)c1ccc2c(c1)CN(C(=O)CCC1CC1)CC2. The van der Waals surface area contributed by atoms with Crippen LogP contribution in [-0.2, 0) is 32.5 Å². The zero-order valence-corrected chi connectivity index (χ0v) is 17.4. The number of rotatable bonds is 7. The molecule has 28 heavy (non-hydrogen) atoms. The summed E-state index contributed by atoms with van der Waals surface area (Å²) in [6.07, 6.45) is 6.62. The lowest BCUT2D eigenvalue weighted by Gasteiger charge is -2.30. The van der Waals surface area contributed by atoms with Gasteiger partial charge in [-0.05, 0) is 54.9 Å². The summed E-state index contributed by atoms with van der Waals surface area (Å²) < 4.78 is 33.2. The first kappa shape index (κ1) is 19.9. The Hall–Kier alpha value is -1.44. The molecule has 2 aliphatic heterocycles. The lowest BCUT2D eigenvalue weighted by molar-refractivity contribution is -0.132. The molecule has 1 aromatic carbocycles. The molecule has 0 N–H and O–H groups in total. The second-order valence-electron chi connectivity index (χ2n) is 8.35. The van der Waals surface area contributed by atoms with Crippen LogP contribution in [0.2, 0.25) is 0 Å². The molecule has 2 fully saturated rings. The van der Waals surface area contributed by atoms with E-state index in [0.29, 0.717) is 31.0 Å². The van der Waals surface area contributed by atoms with Crippen LogP contribution < -0.4 is 0 Å². The van der Waals surface area contributed by atoms with Gasteiger partial charge in [0, 0.05) is 39.2 Å². The maximum Gasteiger partial charge on any atom is 0.243 e. The summed E-state index contributed by atoms with van der Waals surface area (Å²) in [5.74, 6) is 0.948. The number of ether oxygens (including phenoxy) is 1. The van der Waals surface area contributed by atoms with Gasteiger partial charge in [0.25, 0.3) is 0 Å². The van der Waals surface area contributed by atoms with Gasteiger partial charge < -0.3 is 9.64 Å². The fraction of sp³-hybridized carbons (Fsp3) is 0.667. The predicted octanol–water partition coefficient (Wildman–Crippen LogP) is 2.56. The van der Waals surface area contributed by atoms with E-state index < -0.39 is 10.0 Å². The normalized spacial score (nSPS) is 23.0. The third-order valence-corrected chi connectivity index (χ3v) is 8.24. The summed E-state index contributed by atoms with van der Waals surface area (Å²) in [5, 5.41) is 0. The average molecular weight is 407 g/mol. The van der Waals surface area contributed by atoms with Gasteiger partial charge in [-0.3, -0.25) is 4.79 Å². The van der Waals surface area contributed by atoms with Crippen LogP contribution in [0, 0.1) is 5.92 Å². The number of hydrogen-bond donors (Lipinski definition) is 0. The summed E-state index contributed by atoms with van der Waals surface area (Å²) >= 11 is 0. The number of amides is 1. The molecule has 2 heterocycles. The number of carbonyl (C=O) groups excluding carboxylic acids is 1. The molecule has 0 radical (unpaired) electrons. The standard InChI is InChI=1S/C21H30N2O4S/c1-27-15-19-3-2-11-23(19)28(25,26)20-8-7-17-10-12-22(14-18(17)13-20)21(24)9-6-16-4-5-16/h7-8,13,16,19H,2-6,9-12,14-15H2,1H3/t19-/m0/s1. The van der Waals surface area contributed by atoms with Crippen LogP contribution in [0.4, 0.5) is 0 Å². The molecule has 0 bridgehead atoms. The molecule has 3 aliphatic rings. The van der Waals surface area contributed by atoms with Crippen molar-refractivity contribution in [1.82, 2.24) is 9.21 Å². The van der Waals surface area contributed by atoms with Crippen molar-refractivity contribution in [3.63, 3.8) is 0 Å². The Bertz CT molecular complexity index is 835. The van der Waals surface area contributed by atoms with Crippen molar-refractivity contribution in [3.8, 4) is 0 Å². The van der Waals surface area contributed by atoms with Crippen molar-refractivity contribution >= 4 is 15.9 Å². The number of methoxy groups -OCH3 is 1. The third-order valence-electron chi connectivity index (χ3n) is 6.29. The van der Waals surface area contributed by atoms with E-state index in [1.54, 1.807) is 23.5 Å². The summed E-state index contributed by atoms with van der Waals surface area (Å²) in [6.45, 7) is 2.21. The van der Waals surface area contributed by atoms with Gasteiger partial charge in [-0.1, -0.05) is 18.9 Å². The molecular formula is C21H30N2O4S. The largest absolute Gasteiger partial charge is 0.383 e. The number of benzene rings is 1. The first-order chi connectivity index (χ1) is 13.5. The highest BCUT2D eigenvalue weighted by molar-refractivity contribution is 7.89. The molecule has 1 saturated heterocycles. The topological polar surface area (TPSA) is 66.9 Å². The minimum absolute atomic E-state index is 0.0912. The summed E-state index contributed by atoms with van der Waals surface area (Å²) in [7, 11) is -1.94. The predicted molar refractivity (Wildman–Crippen MR) is 106 cm³/mol. The minimum atomic E-state index is -3.54. The lowest BCUT2D eigenvalue weighted by Crippen LogP contribution is -2.38. The van der Waals surface area contributed by atoms with E-state index in [0.717, 1.165) is 49.3 Å². The van der Waals surface area contributed by atoms with E-state index in [2.05, 4.69) is 0 Å². The molecule has 7 heteroatoms. The van der Waals surface area contributed by atoms with E-state index in [-0.39, 0.29) is 11.9 Å². The lowest BCUT2D eigenvalue weighted by atomic mass is 9.99. The highest BCUT2D eigenvalue weighted by Crippen LogP contribution is 2.34. The highest BCUT2D eigenvalue weighted by atomic mass is 32.2. The van der Waals surface area contributed by atoms with Crippen molar-refractivity contribution in [3.05, 3.63) is 29.3 Å². The van der Waals surface area contributed by atoms with Crippen LogP contribution in [0.1, 0.15) is 49.7 Å². The Morgan fingerprint density at radius 1 is 1.18 bits per heavy atom. The van der Waals surface area contributed by atoms with Gasteiger partial charge in [-0.2, -0.15) is 4.31 Å². The van der Waals surface area contributed by atoms with Crippen LogP contribution in [-0.4, -0.2) is 56.4 Å². The van der Waals surface area contributed by atoms with Crippen LogP contribution in [0.3, 0.4) is 0 Å². The molecule has 154 valence electrons. The molecular weight excluding hydrogens is 376 g/mol. The fourth-order valence-corrected chi connectivity index (χ4v) is 6.15. The zero-order valence-electron chi connectivity index (χ0n) is 16.6. The highest BCUT2D eigenvalue weighted by Gasteiger charge is 2.36. The Morgan fingerprint density at radius 3 is 2.75 bits per heavy atom. The average Bonchev–Trinajstić information content (AvgIpc) is 3.41. The van der Waals surface area contributed by atoms with Gasteiger partial charge in [0.15, 0.2) is 0 Å². The molecule has 1 aliphatic carbocycles. The maximum atomic E-state index is 13.2. The van der Waals surface area contributed by atoms with E-state index in [4.69, 9.17) is 4.74 Å². The van der Waals surface area contributed by atoms with Crippen LogP contribution >= 0.6 is 0 Å². The van der Waals surface area contributed by atoms with Gasteiger partial charge in [0.1, 0.15) is 0 Å². The molecule has 1 atom stereocenters. The molecule has 0 aromatic heterocycles. The first-order valence-corrected chi connectivity index (χ1v) is 11.8. The molecule has 1 saturated carbocycles. The summed E-state index contributed by atoms with van der Waals surface area (Å²) in [5.41, 5.74) is 2.12. The van der Waals surface area contributed by atoms with E-state index in [1.807, 2.05) is 11.0 Å². The van der Waals surface area contributed by atoms with Gasteiger partial charge in [0.05, 0.1) is 11.5 Å². The van der Waals surface area contributed by atoms with Crippen molar-refractivity contribution in [2.45, 2.75) is 62.4 Å². The summed E-state index contributed by atoms with van der Waals surface area (Å²) in [6, 6.07) is 5.34. The number of fused-ring (bicyclic) bond motifs is 1. The molecule has 0 unspecified atom stereocenters. The van der Waals surface area contributed by atoms with Crippen molar-refractivity contribution in [2.24, 2.45) is 5.92 Å². The van der Waals surface area contributed by atoms with Crippen molar-refractivity contribution in [1.29, 1.82) is 0 Å². The Labute approximate surface area is 167 Å². The van der Waals surface area contributed by atoms with Gasteiger partial charge in [-0.15, -0.1) is 0 Å². The Kier molecular flexibility index (Phi) is 5.76. The van der Waals surface area contributed by atoms with Gasteiger partial charge >= 0.3 is 0 Å². The van der Waals surface area contributed by atoms with Crippen LogP contribution in [0.5, 0.6) is 0 Å². The molecule has 4 rings (SSSR count). The van der Waals surface area contributed by atoms with E-state index in [9.17, 15) is 13.2 Å². The molecule has 1 aromatic rings. The second-order valence-corrected chi connectivity index (χ2v) is 10.2. The van der Waals surface area contributed by atoms with Crippen LogP contribution in [0.15, 0.2) is 23.1 Å². The van der Waals surface area contributed by atoms with Gasteiger partial charge in [0.2, 0.25) is 15.9 Å². The number of hydrogen-bond acceptors (Lipinski definition) is 4. The Morgan fingerprint density at radius 2 is 2.00 bits per heavy atom. The van der Waals surface area contributed by atoms with E-state index >= 15 is 0 Å². The molecule has 6 nitrogen and oxygen atoms in total. The van der Waals surface area contributed by atoms with Crippen LogP contribution in [0.25, 0.3) is 0 Å². The fourth-order valence-electron chi connectivity index (χ4n) is 4.42. The quantitative estimate of drug-likeness (QED) is 0.698. The maximum absolute atomic E-state index is 13.2. The monoisotopic (exact) mass is 406 g/mol. The first-order valence-electron chi connectivity index (χ1n) is 10.4. The minimum Gasteiger partial charge on any atom is -0.383 e. The number of nitrogens with zero attached hydrogens (tertiary/aromatic N) is 2. The molecule has 0 spiro atoms. The third kappa shape index (κ3) is 4.11. The number of carbonyl (C=O) groups is 1. The Balaban J connectivity index is 1.50.